The second kappa shape index (κ2) is 21.9. The summed E-state index contributed by atoms with van der Waals surface area (Å²) in [5.41, 5.74) is 11.0. The maximum Gasteiger partial charge on any atom is 0.242 e. The molecule has 1 atom stereocenters. The molecule has 5 nitrogen and oxygen atoms in total. The van der Waals surface area contributed by atoms with Crippen molar-refractivity contribution in [1.29, 1.82) is 0 Å². The number of nitrogens with two attached hydrogens (primary N) is 1. The number of likely N-dealkylation sites (tertiary alicyclic amines) is 1. The van der Waals surface area contributed by atoms with Crippen molar-refractivity contribution in [2.24, 2.45) is 5.73 Å². The van der Waals surface area contributed by atoms with Gasteiger partial charge >= 0.3 is 0 Å². The Bertz CT molecular complexity index is 961. The molecule has 1 saturated heterocycles. The first-order valence-electron chi connectivity index (χ1n) is 15.2. The van der Waals surface area contributed by atoms with Gasteiger partial charge in [0.25, 0.3) is 0 Å². The SMILES string of the molecule is C=C(/C=C\C(C)=C/C)N(CCNCCC(/C=C\C)=C/CC)CC(=O)N1CCCCC(N)C1.CCc1ccccc1. The molecule has 1 unspecified atom stereocenters. The summed E-state index contributed by atoms with van der Waals surface area (Å²) in [6, 6.07) is 10.5. The van der Waals surface area contributed by atoms with E-state index in [1.54, 1.807) is 0 Å². The van der Waals surface area contributed by atoms with Crippen molar-refractivity contribution in [3.63, 3.8) is 0 Å². The van der Waals surface area contributed by atoms with Gasteiger partial charge in [0.1, 0.15) is 0 Å². The minimum absolute atomic E-state index is 0.0829. The molecule has 0 aliphatic carbocycles. The van der Waals surface area contributed by atoms with Crippen LogP contribution < -0.4 is 11.1 Å². The molecule has 1 aromatic carbocycles. The average Bonchev–Trinajstić information content (AvgIpc) is 3.20. The molecule has 0 aromatic heterocycles. The summed E-state index contributed by atoms with van der Waals surface area (Å²) in [7, 11) is 0. The van der Waals surface area contributed by atoms with E-state index in [4.69, 9.17) is 5.73 Å². The van der Waals surface area contributed by atoms with Crippen LogP contribution in [0.5, 0.6) is 0 Å². The summed E-state index contributed by atoms with van der Waals surface area (Å²) in [6.07, 6.45) is 19.0. The zero-order chi connectivity index (χ0) is 29.6. The van der Waals surface area contributed by atoms with Gasteiger partial charge in [-0.2, -0.15) is 0 Å². The van der Waals surface area contributed by atoms with Gasteiger partial charge in [-0.15, -0.1) is 0 Å². The lowest BCUT2D eigenvalue weighted by atomic mass is 10.1. The van der Waals surface area contributed by atoms with E-state index in [9.17, 15) is 4.79 Å². The van der Waals surface area contributed by atoms with Gasteiger partial charge < -0.3 is 20.9 Å². The summed E-state index contributed by atoms with van der Waals surface area (Å²) < 4.78 is 0. The summed E-state index contributed by atoms with van der Waals surface area (Å²) in [4.78, 5) is 17.1. The highest BCUT2D eigenvalue weighted by Gasteiger charge is 2.21. The van der Waals surface area contributed by atoms with Crippen LogP contribution in [0, 0.1) is 0 Å². The third kappa shape index (κ3) is 15.6. The molecule has 2 rings (SSSR count). The van der Waals surface area contributed by atoms with Crippen molar-refractivity contribution in [2.75, 3.05) is 39.3 Å². The summed E-state index contributed by atoms with van der Waals surface area (Å²) in [5.74, 6) is 0.140. The molecule has 1 amide bonds. The Hall–Kier alpha value is -2.89. The van der Waals surface area contributed by atoms with Gasteiger partial charge in [-0.25, -0.2) is 0 Å². The van der Waals surface area contributed by atoms with Crippen LogP contribution >= 0.6 is 0 Å². The van der Waals surface area contributed by atoms with E-state index >= 15 is 0 Å². The molecular formula is C35H56N4O. The monoisotopic (exact) mass is 548 g/mol. The van der Waals surface area contributed by atoms with Crippen LogP contribution in [-0.2, 0) is 11.2 Å². The summed E-state index contributed by atoms with van der Waals surface area (Å²) >= 11 is 0. The van der Waals surface area contributed by atoms with Gasteiger partial charge in [0.05, 0.1) is 6.54 Å². The van der Waals surface area contributed by atoms with E-state index < -0.39 is 0 Å². The van der Waals surface area contributed by atoms with Gasteiger partial charge in [0.2, 0.25) is 5.91 Å². The normalized spacial score (nSPS) is 16.6. The molecule has 5 heteroatoms. The molecule has 1 aliphatic heterocycles. The van der Waals surface area contributed by atoms with E-state index in [0.717, 1.165) is 70.4 Å². The second-order valence-electron chi connectivity index (χ2n) is 10.4. The number of hydrogen-bond donors (Lipinski definition) is 2. The Balaban J connectivity index is 0.000000850. The minimum Gasteiger partial charge on any atom is -0.361 e. The maximum absolute atomic E-state index is 13.0. The Labute approximate surface area is 245 Å². The van der Waals surface area contributed by atoms with Crippen LogP contribution in [0.2, 0.25) is 0 Å². The van der Waals surface area contributed by atoms with Crippen LogP contribution in [-0.4, -0.2) is 61.0 Å². The molecule has 3 N–H and O–H groups in total. The van der Waals surface area contributed by atoms with Crippen LogP contribution in [0.4, 0.5) is 0 Å². The van der Waals surface area contributed by atoms with Gasteiger partial charge in [-0.1, -0.05) is 98.7 Å². The predicted octanol–water partition coefficient (Wildman–Crippen LogP) is 6.81. The maximum atomic E-state index is 13.0. The molecule has 40 heavy (non-hydrogen) atoms. The zero-order valence-electron chi connectivity index (χ0n) is 26.0. The summed E-state index contributed by atoms with van der Waals surface area (Å²) in [6.45, 7) is 18.9. The van der Waals surface area contributed by atoms with Crippen molar-refractivity contribution in [1.82, 2.24) is 15.1 Å². The fourth-order valence-corrected chi connectivity index (χ4v) is 4.43. The first-order valence-corrected chi connectivity index (χ1v) is 15.2. The lowest BCUT2D eigenvalue weighted by Crippen LogP contribution is -2.45. The predicted molar refractivity (Wildman–Crippen MR) is 174 cm³/mol. The first kappa shape index (κ1) is 35.1. The third-order valence-electron chi connectivity index (χ3n) is 7.03. The number of aryl methyl sites for hydroxylation is 1. The smallest absolute Gasteiger partial charge is 0.242 e. The number of nitrogens with zero attached hydrogens (tertiary/aromatic N) is 2. The lowest BCUT2D eigenvalue weighted by molar-refractivity contribution is -0.132. The molecule has 0 bridgehead atoms. The molecule has 1 heterocycles. The standard InChI is InChI=1S/C27H46N4O.C8H10/c1-6-11-25(12-7-2)16-17-29-18-20-30(24(5)15-14-23(4)8-3)22-27(32)31-19-10-9-13-26(28)21-31;1-2-8-6-4-3-5-7-8/h6,8,11-12,14-15,26,29H,5,7,9-10,13,16-22,28H2,1-4H3;3-7H,2H2,1H3/b11-6-,15-14-,23-8-,25-12+;. The molecule has 1 aliphatic rings. The van der Waals surface area contributed by atoms with Crippen LogP contribution in [0.15, 0.2) is 90.2 Å². The summed E-state index contributed by atoms with van der Waals surface area (Å²) in [5, 5.41) is 3.53. The highest BCUT2D eigenvalue weighted by molar-refractivity contribution is 5.78. The Morgan fingerprint density at radius 3 is 2.50 bits per heavy atom. The number of carbonyl (C=O) groups excluding carboxylic acids is 1. The van der Waals surface area contributed by atoms with Crippen LogP contribution in [0.3, 0.4) is 0 Å². The number of benzene rings is 1. The quantitative estimate of drug-likeness (QED) is 0.198. The molecule has 0 saturated carbocycles. The van der Waals surface area contributed by atoms with Crippen molar-refractivity contribution < 1.29 is 4.79 Å². The number of allylic oxidation sites excluding steroid dienone is 7. The number of hydrogen-bond acceptors (Lipinski definition) is 4. The molecule has 1 fully saturated rings. The highest BCUT2D eigenvalue weighted by Crippen LogP contribution is 2.12. The van der Waals surface area contributed by atoms with Gasteiger partial charge in [-0.05, 0) is 71.1 Å². The number of nitrogens with one attached hydrogen (secondary N) is 1. The fraction of sp³-hybridized carbons (Fsp3) is 0.514. The van der Waals surface area contributed by atoms with E-state index in [1.165, 1.54) is 16.7 Å². The zero-order valence-corrected chi connectivity index (χ0v) is 26.0. The molecule has 0 spiro atoms. The number of carbonyl (C=O) groups is 1. The van der Waals surface area contributed by atoms with E-state index in [0.29, 0.717) is 13.1 Å². The molecule has 0 radical (unpaired) electrons. The minimum atomic E-state index is 0.0829. The van der Waals surface area contributed by atoms with Gasteiger partial charge in [0.15, 0.2) is 0 Å². The van der Waals surface area contributed by atoms with E-state index in [1.807, 2.05) is 30.0 Å². The second-order valence-corrected chi connectivity index (χ2v) is 10.4. The largest absolute Gasteiger partial charge is 0.361 e. The Morgan fingerprint density at radius 2 is 1.88 bits per heavy atom. The van der Waals surface area contributed by atoms with Crippen molar-refractivity contribution in [2.45, 2.75) is 79.2 Å². The third-order valence-corrected chi connectivity index (χ3v) is 7.03. The van der Waals surface area contributed by atoms with Crippen LogP contribution in [0.25, 0.3) is 0 Å². The van der Waals surface area contributed by atoms with Crippen molar-refractivity contribution >= 4 is 5.91 Å². The topological polar surface area (TPSA) is 61.6 Å². The molecule has 222 valence electrons. The van der Waals surface area contributed by atoms with E-state index in [2.05, 4.69) is 93.1 Å². The number of amides is 1. The molecule has 1 aromatic rings. The van der Waals surface area contributed by atoms with Gasteiger partial charge in [0, 0.05) is 37.9 Å². The Kier molecular flexibility index (Phi) is 19.2. The van der Waals surface area contributed by atoms with Crippen LogP contribution in [0.1, 0.15) is 72.3 Å². The first-order chi connectivity index (χ1) is 19.3. The fourth-order valence-electron chi connectivity index (χ4n) is 4.43. The van der Waals surface area contributed by atoms with E-state index in [-0.39, 0.29) is 11.9 Å². The molecular weight excluding hydrogens is 492 g/mol. The average molecular weight is 549 g/mol. The Morgan fingerprint density at radius 1 is 1.12 bits per heavy atom. The van der Waals surface area contributed by atoms with Gasteiger partial charge in [-0.3, -0.25) is 4.79 Å². The highest BCUT2D eigenvalue weighted by atomic mass is 16.2. The van der Waals surface area contributed by atoms with Crippen molar-refractivity contribution in [3.05, 3.63) is 95.8 Å². The number of rotatable bonds is 14. The lowest BCUT2D eigenvalue weighted by Gasteiger charge is -2.29. The van der Waals surface area contributed by atoms with Crippen molar-refractivity contribution in [3.8, 4) is 0 Å².